The van der Waals surface area contributed by atoms with Crippen molar-refractivity contribution in [1.29, 1.82) is 0 Å². The van der Waals surface area contributed by atoms with Crippen LogP contribution in [0.4, 0.5) is 4.79 Å². The second-order valence-electron chi connectivity index (χ2n) is 3.81. The fraction of sp³-hybridized carbons (Fsp3) is 0.778. The predicted molar refractivity (Wildman–Crippen MR) is 54.5 cm³/mol. The molecule has 0 aliphatic rings. The van der Waals surface area contributed by atoms with Gasteiger partial charge in [0.15, 0.2) is 6.10 Å². The molecule has 3 N–H and O–H groups in total. The molecule has 0 heterocycles. The molecule has 6 nitrogen and oxygen atoms in total. The van der Waals surface area contributed by atoms with Gasteiger partial charge in [-0.05, 0) is 5.92 Å². The minimum Gasteiger partial charge on any atom is -0.479 e. The Morgan fingerprint density at radius 3 is 2.33 bits per heavy atom. The van der Waals surface area contributed by atoms with Gasteiger partial charge in [0.25, 0.3) is 0 Å². The number of urea groups is 1. The van der Waals surface area contributed by atoms with Crippen LogP contribution in [0.2, 0.25) is 0 Å². The van der Waals surface area contributed by atoms with Gasteiger partial charge in [0.1, 0.15) is 0 Å². The summed E-state index contributed by atoms with van der Waals surface area (Å²) in [6.45, 7) is 4.23. The van der Waals surface area contributed by atoms with Crippen molar-refractivity contribution in [3.05, 3.63) is 0 Å². The van der Waals surface area contributed by atoms with Crippen LogP contribution in [0.5, 0.6) is 0 Å². The van der Waals surface area contributed by atoms with Crippen LogP contribution in [0.3, 0.4) is 0 Å². The standard InChI is InChI=1S/C9H18N2O4/c1-6(2)5-11(3)9(15)10-4-7(12)8(13)14/h6-7,12H,4-5H2,1-3H3,(H,10,15)(H,13,14)/t7-/m0/s1. The lowest BCUT2D eigenvalue weighted by Gasteiger charge is -2.20. The van der Waals surface area contributed by atoms with Gasteiger partial charge in [0, 0.05) is 13.6 Å². The van der Waals surface area contributed by atoms with Gasteiger partial charge in [-0.15, -0.1) is 0 Å². The third-order valence-electron chi connectivity index (χ3n) is 1.72. The fourth-order valence-corrected chi connectivity index (χ4v) is 1.04. The molecule has 0 radical (unpaired) electrons. The van der Waals surface area contributed by atoms with E-state index in [0.29, 0.717) is 12.5 Å². The maximum Gasteiger partial charge on any atom is 0.334 e. The van der Waals surface area contributed by atoms with Crippen molar-refractivity contribution in [3.8, 4) is 0 Å². The zero-order valence-corrected chi connectivity index (χ0v) is 9.23. The van der Waals surface area contributed by atoms with Crippen molar-refractivity contribution in [2.75, 3.05) is 20.1 Å². The van der Waals surface area contributed by atoms with Gasteiger partial charge in [-0.25, -0.2) is 9.59 Å². The SMILES string of the molecule is CC(C)CN(C)C(=O)NC[C@H](O)C(=O)O. The fourth-order valence-electron chi connectivity index (χ4n) is 1.04. The number of carbonyl (C=O) groups excluding carboxylic acids is 1. The number of aliphatic hydroxyl groups is 1. The molecule has 88 valence electrons. The summed E-state index contributed by atoms with van der Waals surface area (Å²) in [7, 11) is 1.61. The number of amides is 2. The van der Waals surface area contributed by atoms with Crippen LogP contribution < -0.4 is 5.32 Å². The van der Waals surface area contributed by atoms with E-state index in [2.05, 4.69) is 5.32 Å². The average Bonchev–Trinajstić information content (AvgIpc) is 2.12. The lowest BCUT2D eigenvalue weighted by molar-refractivity contribution is -0.146. The van der Waals surface area contributed by atoms with E-state index in [4.69, 9.17) is 10.2 Å². The molecule has 15 heavy (non-hydrogen) atoms. The molecule has 0 fully saturated rings. The molecule has 0 spiro atoms. The topological polar surface area (TPSA) is 89.9 Å². The lowest BCUT2D eigenvalue weighted by atomic mass is 10.2. The van der Waals surface area contributed by atoms with Crippen molar-refractivity contribution in [2.45, 2.75) is 20.0 Å². The van der Waals surface area contributed by atoms with Crippen molar-refractivity contribution < 1.29 is 19.8 Å². The molecule has 0 aromatic heterocycles. The van der Waals surface area contributed by atoms with Gasteiger partial charge >= 0.3 is 12.0 Å². The van der Waals surface area contributed by atoms with Crippen LogP contribution in [-0.4, -0.2) is 53.4 Å². The molecule has 6 heteroatoms. The van der Waals surface area contributed by atoms with Crippen LogP contribution in [0, 0.1) is 5.92 Å². The van der Waals surface area contributed by atoms with E-state index in [-0.39, 0.29) is 12.6 Å². The number of aliphatic hydroxyl groups excluding tert-OH is 1. The molecule has 0 saturated carbocycles. The van der Waals surface area contributed by atoms with Crippen molar-refractivity contribution in [3.63, 3.8) is 0 Å². The number of hydrogen-bond acceptors (Lipinski definition) is 3. The summed E-state index contributed by atoms with van der Waals surface area (Å²) in [5.74, 6) is -1.01. The number of carboxylic acids is 1. The Morgan fingerprint density at radius 2 is 1.93 bits per heavy atom. The van der Waals surface area contributed by atoms with Crippen molar-refractivity contribution in [2.24, 2.45) is 5.92 Å². The van der Waals surface area contributed by atoms with Crippen LogP contribution in [-0.2, 0) is 4.79 Å². The lowest BCUT2D eigenvalue weighted by Crippen LogP contribution is -2.43. The Labute approximate surface area is 88.9 Å². The molecule has 2 amide bonds. The Balaban J connectivity index is 3.88. The molecular weight excluding hydrogens is 200 g/mol. The first kappa shape index (κ1) is 13.7. The number of nitrogens with one attached hydrogen (secondary N) is 1. The minimum atomic E-state index is -1.55. The first-order valence-corrected chi connectivity index (χ1v) is 4.74. The Bertz CT molecular complexity index is 230. The molecular formula is C9H18N2O4. The van der Waals surface area contributed by atoms with E-state index >= 15 is 0 Å². The summed E-state index contributed by atoms with van der Waals surface area (Å²) in [5, 5.41) is 19.6. The van der Waals surface area contributed by atoms with Crippen LogP contribution in [0.25, 0.3) is 0 Å². The Hall–Kier alpha value is -1.30. The van der Waals surface area contributed by atoms with Crippen molar-refractivity contribution in [1.82, 2.24) is 10.2 Å². The molecule has 0 aromatic carbocycles. The molecule has 0 aliphatic carbocycles. The van der Waals surface area contributed by atoms with E-state index in [1.165, 1.54) is 4.90 Å². The Kier molecular flexibility index (Phi) is 5.69. The maximum absolute atomic E-state index is 11.3. The normalized spacial score (nSPS) is 12.3. The number of aliphatic carboxylic acids is 1. The second-order valence-corrected chi connectivity index (χ2v) is 3.81. The number of rotatable bonds is 5. The number of nitrogens with zero attached hydrogens (tertiary/aromatic N) is 1. The summed E-state index contributed by atoms with van der Waals surface area (Å²) in [6.07, 6.45) is -1.55. The molecule has 0 saturated heterocycles. The summed E-state index contributed by atoms with van der Waals surface area (Å²) in [5.41, 5.74) is 0. The highest BCUT2D eigenvalue weighted by molar-refractivity contribution is 5.76. The summed E-state index contributed by atoms with van der Waals surface area (Å²) >= 11 is 0. The predicted octanol–water partition coefficient (Wildman–Crippen LogP) is -0.271. The third kappa shape index (κ3) is 5.90. The van der Waals surface area contributed by atoms with Crippen LogP contribution in [0.15, 0.2) is 0 Å². The molecule has 0 aliphatic heterocycles. The van der Waals surface area contributed by atoms with E-state index in [1.54, 1.807) is 7.05 Å². The van der Waals surface area contributed by atoms with Gasteiger partial charge in [-0.2, -0.15) is 0 Å². The Morgan fingerprint density at radius 1 is 1.40 bits per heavy atom. The minimum absolute atomic E-state index is 0.281. The van der Waals surface area contributed by atoms with Crippen LogP contribution in [0.1, 0.15) is 13.8 Å². The van der Waals surface area contributed by atoms with E-state index < -0.39 is 12.1 Å². The first-order valence-electron chi connectivity index (χ1n) is 4.74. The first-order chi connectivity index (χ1) is 6.84. The molecule has 0 aromatic rings. The van der Waals surface area contributed by atoms with E-state index in [1.807, 2.05) is 13.8 Å². The van der Waals surface area contributed by atoms with E-state index in [9.17, 15) is 9.59 Å². The van der Waals surface area contributed by atoms with Gasteiger partial charge in [-0.3, -0.25) is 0 Å². The van der Waals surface area contributed by atoms with Crippen LogP contribution >= 0.6 is 0 Å². The smallest absolute Gasteiger partial charge is 0.334 e. The molecule has 0 unspecified atom stereocenters. The number of hydrogen-bond donors (Lipinski definition) is 3. The average molecular weight is 218 g/mol. The third-order valence-corrected chi connectivity index (χ3v) is 1.72. The molecule has 0 bridgehead atoms. The highest BCUT2D eigenvalue weighted by atomic mass is 16.4. The second kappa shape index (κ2) is 6.23. The van der Waals surface area contributed by atoms with Gasteiger partial charge in [-0.1, -0.05) is 13.8 Å². The summed E-state index contributed by atoms with van der Waals surface area (Å²) in [4.78, 5) is 23.0. The number of carbonyl (C=O) groups is 2. The maximum atomic E-state index is 11.3. The summed E-state index contributed by atoms with van der Waals surface area (Å²) < 4.78 is 0. The molecule has 1 atom stereocenters. The quantitative estimate of drug-likeness (QED) is 0.592. The summed E-state index contributed by atoms with van der Waals surface area (Å²) in [6, 6.07) is -0.385. The van der Waals surface area contributed by atoms with Crippen molar-refractivity contribution >= 4 is 12.0 Å². The highest BCUT2D eigenvalue weighted by Gasteiger charge is 2.16. The number of carboxylic acid groups (broad SMARTS) is 1. The molecule has 0 rings (SSSR count). The zero-order valence-electron chi connectivity index (χ0n) is 9.23. The van der Waals surface area contributed by atoms with E-state index in [0.717, 1.165) is 0 Å². The largest absolute Gasteiger partial charge is 0.479 e. The van der Waals surface area contributed by atoms with Gasteiger partial charge in [0.2, 0.25) is 0 Å². The monoisotopic (exact) mass is 218 g/mol. The van der Waals surface area contributed by atoms with Gasteiger partial charge in [0.05, 0.1) is 6.54 Å². The highest BCUT2D eigenvalue weighted by Crippen LogP contribution is 1.95. The van der Waals surface area contributed by atoms with Gasteiger partial charge < -0.3 is 20.4 Å². The zero-order chi connectivity index (χ0) is 12.0.